The molecule has 1 unspecified atom stereocenters. The van der Waals surface area contributed by atoms with Gasteiger partial charge in [-0.3, -0.25) is 9.59 Å². The number of rotatable bonds is 3. The molecule has 2 aromatic carbocycles. The third kappa shape index (κ3) is 3.28. The number of esters is 1. The van der Waals surface area contributed by atoms with Crippen molar-refractivity contribution in [3.05, 3.63) is 52.3 Å². The number of aromatic nitrogens is 1. The van der Waals surface area contributed by atoms with Gasteiger partial charge in [-0.05, 0) is 30.7 Å². The Morgan fingerprint density at radius 1 is 1.31 bits per heavy atom. The third-order valence-electron chi connectivity index (χ3n) is 5.16. The molecule has 6 nitrogen and oxygen atoms in total. The van der Waals surface area contributed by atoms with E-state index in [1.807, 2.05) is 42.7 Å². The molecule has 0 spiro atoms. The van der Waals surface area contributed by atoms with Gasteiger partial charge < -0.3 is 36.8 Å². The number of nitrogen functional groups attached to an aromatic ring is 1. The molecule has 7 heteroatoms. The molecule has 1 atom stereocenters. The molecule has 29 heavy (non-hydrogen) atoms. The zero-order valence-electron chi connectivity index (χ0n) is 16.2. The van der Waals surface area contributed by atoms with Crippen molar-refractivity contribution in [2.75, 3.05) is 30.5 Å². The number of H-pyrrole nitrogens is 1. The molecule has 0 saturated heterocycles. The van der Waals surface area contributed by atoms with Crippen LogP contribution in [0.4, 0.5) is 11.4 Å². The van der Waals surface area contributed by atoms with E-state index in [2.05, 4.69) is 10.3 Å². The lowest BCUT2D eigenvalue weighted by Crippen LogP contribution is -2.17. The van der Waals surface area contributed by atoms with Crippen molar-refractivity contribution in [3.63, 3.8) is 0 Å². The average Bonchev–Trinajstić information content (AvgIpc) is 3.14. The molecule has 0 amide bonds. The van der Waals surface area contributed by atoms with Gasteiger partial charge in [-0.1, -0.05) is 18.2 Å². The highest BCUT2D eigenvalue weighted by atomic mass is 32.2. The molecular formula is C22H22N3O3S-. The first-order valence-electron chi connectivity index (χ1n) is 9.31. The molecule has 0 saturated carbocycles. The molecule has 0 fully saturated rings. The molecule has 2 heterocycles. The van der Waals surface area contributed by atoms with Gasteiger partial charge in [0, 0.05) is 34.3 Å². The summed E-state index contributed by atoms with van der Waals surface area (Å²) in [6.07, 6.45) is 1.95. The normalized spacial score (nSPS) is 15.3. The Hall–Kier alpha value is -3.15. The van der Waals surface area contributed by atoms with E-state index < -0.39 is 5.92 Å². The van der Waals surface area contributed by atoms with E-state index >= 15 is 0 Å². The molecule has 4 rings (SSSR count). The van der Waals surface area contributed by atoms with Gasteiger partial charge in [-0.25, -0.2) is 0 Å². The lowest BCUT2D eigenvalue weighted by molar-refractivity contribution is -0.144. The van der Waals surface area contributed by atoms with Gasteiger partial charge in [-0.2, -0.15) is 0 Å². The molecule has 0 radical (unpaired) electrons. The minimum atomic E-state index is -0.528. The second-order valence-electron chi connectivity index (χ2n) is 7.00. The number of aromatic amines is 1. The number of fused-ring (bicyclic) bond motifs is 3. The first kappa shape index (κ1) is 19.2. The second kappa shape index (κ2) is 7.35. The molecule has 3 aromatic rings. The highest BCUT2D eigenvalue weighted by Crippen LogP contribution is 2.38. The second-order valence-corrected chi connectivity index (χ2v) is 8.58. The minimum Gasteiger partial charge on any atom is -0.465 e. The summed E-state index contributed by atoms with van der Waals surface area (Å²) in [6.45, 7) is 2.40. The Morgan fingerprint density at radius 3 is 2.83 bits per heavy atom. The quantitative estimate of drug-likeness (QED) is 0.352. The van der Waals surface area contributed by atoms with Gasteiger partial charge in [0.25, 0.3) is 5.56 Å². The first-order chi connectivity index (χ1) is 13.9. The fraction of sp³-hybridized carbons (Fsp3) is 0.227. The summed E-state index contributed by atoms with van der Waals surface area (Å²) in [5.41, 5.74) is 16.2. The van der Waals surface area contributed by atoms with Gasteiger partial charge in [0.15, 0.2) is 0 Å². The number of carbonyl (C=O) groups is 1. The Labute approximate surface area is 170 Å². The predicted octanol–water partition coefficient (Wildman–Crippen LogP) is 3.05. The molecule has 1 aliphatic rings. The Balaban J connectivity index is 1.94. The van der Waals surface area contributed by atoms with E-state index in [1.165, 1.54) is 0 Å². The maximum Gasteiger partial charge on any atom is 0.315 e. The van der Waals surface area contributed by atoms with Gasteiger partial charge in [-0.15, -0.1) is 11.2 Å². The Morgan fingerprint density at radius 2 is 2.10 bits per heavy atom. The number of ether oxygens (including phenoxy) is 1. The zero-order chi connectivity index (χ0) is 20.7. The van der Waals surface area contributed by atoms with Crippen molar-refractivity contribution >= 4 is 38.5 Å². The van der Waals surface area contributed by atoms with Crippen LogP contribution in [-0.4, -0.2) is 30.4 Å². The largest absolute Gasteiger partial charge is 0.465 e. The number of hydrogen-bond acceptors (Lipinski definition) is 6. The molecule has 1 aromatic heterocycles. The molecular weight excluding hydrogens is 386 g/mol. The van der Waals surface area contributed by atoms with Crippen LogP contribution in [0, 0.1) is 5.69 Å². The van der Waals surface area contributed by atoms with E-state index in [4.69, 9.17) is 16.2 Å². The lowest BCUT2D eigenvalue weighted by Gasteiger charge is -2.16. The maximum atomic E-state index is 12.5. The molecule has 0 bridgehead atoms. The van der Waals surface area contributed by atoms with Gasteiger partial charge >= 0.3 is 5.97 Å². The maximum absolute atomic E-state index is 12.5. The molecule has 4 N–H and O–H groups in total. The molecule has 0 aliphatic carbocycles. The number of nitrogens with two attached hydrogens (primary N) is 1. The van der Waals surface area contributed by atoms with Crippen LogP contribution in [0.15, 0.2) is 46.1 Å². The van der Waals surface area contributed by atoms with Crippen LogP contribution in [0.2, 0.25) is 0 Å². The SMILES string of the molecule is C#[S-](C)c1ccc(N)c(-c2ccc3[nH]c(=O)c4c(c3c2)C(C(=O)OCC)CN4)c1. The summed E-state index contributed by atoms with van der Waals surface area (Å²) in [5.74, 6) is -0.866. The van der Waals surface area contributed by atoms with E-state index in [1.54, 1.807) is 6.92 Å². The van der Waals surface area contributed by atoms with Crippen LogP contribution in [0.25, 0.3) is 22.0 Å². The van der Waals surface area contributed by atoms with Crippen LogP contribution >= 0.6 is 0 Å². The number of nitrogens with one attached hydrogen (secondary N) is 2. The number of hydrogen-bond donors (Lipinski definition) is 3. The highest BCUT2D eigenvalue weighted by molar-refractivity contribution is 7.85. The summed E-state index contributed by atoms with van der Waals surface area (Å²) in [6, 6.07) is 11.5. The van der Waals surface area contributed by atoms with Gasteiger partial charge in [0.2, 0.25) is 0 Å². The van der Waals surface area contributed by atoms with E-state index in [-0.39, 0.29) is 21.8 Å². The fourth-order valence-electron chi connectivity index (χ4n) is 3.76. The summed E-state index contributed by atoms with van der Waals surface area (Å²) < 4.78 is 5.22. The van der Waals surface area contributed by atoms with Crippen LogP contribution in [0.1, 0.15) is 18.4 Å². The van der Waals surface area contributed by atoms with Gasteiger partial charge in [0.05, 0.1) is 6.61 Å². The third-order valence-corrected chi connectivity index (χ3v) is 6.16. The Bertz CT molecular complexity index is 1270. The van der Waals surface area contributed by atoms with Crippen molar-refractivity contribution < 1.29 is 9.53 Å². The van der Waals surface area contributed by atoms with E-state index in [0.29, 0.717) is 35.6 Å². The van der Waals surface area contributed by atoms with Crippen molar-refractivity contribution in [2.45, 2.75) is 17.7 Å². The van der Waals surface area contributed by atoms with Crippen molar-refractivity contribution in [1.82, 2.24) is 4.98 Å². The fourth-order valence-corrected chi connectivity index (χ4v) is 4.35. The standard InChI is InChI=1S/C22H22N3O3S/c1-4-28-22(27)16-11-24-20-19(16)15-9-12(5-8-18(15)25-21(20)26)14-10-13(29(2)3)6-7-17(14)23/h2,5-10,16,24H,4,11,23H2,1,3H3,(H,25,26)/q-1. The summed E-state index contributed by atoms with van der Waals surface area (Å²) in [4.78, 5) is 28.9. The number of pyridine rings is 1. The van der Waals surface area contributed by atoms with E-state index in [0.717, 1.165) is 21.4 Å². The van der Waals surface area contributed by atoms with Crippen molar-refractivity contribution in [1.29, 1.82) is 0 Å². The van der Waals surface area contributed by atoms with E-state index in [9.17, 15) is 9.59 Å². The average molecular weight is 409 g/mol. The first-order valence-corrected chi connectivity index (χ1v) is 11.0. The van der Waals surface area contributed by atoms with Crippen LogP contribution < -0.4 is 16.6 Å². The monoisotopic (exact) mass is 408 g/mol. The number of anilines is 2. The lowest BCUT2D eigenvalue weighted by atomic mass is 9.94. The molecule has 1 aliphatic heterocycles. The zero-order valence-corrected chi connectivity index (χ0v) is 17.1. The summed E-state index contributed by atoms with van der Waals surface area (Å²) >= 11 is 0. The van der Waals surface area contributed by atoms with Crippen LogP contribution in [0.3, 0.4) is 0 Å². The number of benzene rings is 2. The summed E-state index contributed by atoms with van der Waals surface area (Å²) in [7, 11) is -0.390. The Kier molecular flexibility index (Phi) is 4.86. The predicted molar refractivity (Wildman–Crippen MR) is 119 cm³/mol. The van der Waals surface area contributed by atoms with Crippen LogP contribution in [0.5, 0.6) is 0 Å². The molecule has 150 valence electrons. The van der Waals surface area contributed by atoms with Crippen LogP contribution in [-0.2, 0) is 19.8 Å². The van der Waals surface area contributed by atoms with Gasteiger partial charge in [0.1, 0.15) is 11.6 Å². The van der Waals surface area contributed by atoms with Crippen molar-refractivity contribution in [3.8, 4) is 16.8 Å². The van der Waals surface area contributed by atoms with Crippen molar-refractivity contribution in [2.24, 2.45) is 0 Å². The topological polar surface area (TPSA) is 97.2 Å². The smallest absolute Gasteiger partial charge is 0.315 e. The highest BCUT2D eigenvalue weighted by Gasteiger charge is 2.33. The minimum absolute atomic E-state index is 0.244. The summed E-state index contributed by atoms with van der Waals surface area (Å²) in [5, 5.41) is 3.86. The number of carbonyl (C=O) groups excluding carboxylic acids is 1.